The Hall–Kier alpha value is -0.430. The summed E-state index contributed by atoms with van der Waals surface area (Å²) >= 11 is 16.7. The molecule has 0 aromatic heterocycles. The molecule has 0 radical (unpaired) electrons. The molecule has 1 aliphatic rings. The Bertz CT molecular complexity index is 265. The van der Waals surface area contributed by atoms with Crippen LogP contribution in [0.2, 0.25) is 0 Å². The van der Waals surface area contributed by atoms with Crippen molar-refractivity contribution in [2.75, 3.05) is 0 Å². The SMILES string of the molecule is N#CN1C(Cl)=CC(Cl)=NC1Cl. The largest absolute Gasteiger partial charge is 0.232 e. The van der Waals surface area contributed by atoms with E-state index in [4.69, 9.17) is 40.1 Å². The number of aliphatic imine (C=N–C) groups is 1. The highest BCUT2D eigenvalue weighted by Crippen LogP contribution is 2.21. The normalized spacial score (nSPS) is 23.8. The van der Waals surface area contributed by atoms with Crippen LogP contribution in [-0.4, -0.2) is 15.7 Å². The zero-order valence-electron chi connectivity index (χ0n) is 5.13. The summed E-state index contributed by atoms with van der Waals surface area (Å²) in [6, 6.07) is 0. The summed E-state index contributed by atoms with van der Waals surface area (Å²) in [4.78, 5) is 4.71. The lowest BCUT2D eigenvalue weighted by atomic mass is 10.5. The van der Waals surface area contributed by atoms with Crippen LogP contribution in [0.1, 0.15) is 0 Å². The standard InChI is InChI=1S/C5H2Cl3N3/c6-3-1-4(7)11(2-9)5(8)10-3/h1,5H. The van der Waals surface area contributed by atoms with Crippen LogP contribution in [0.25, 0.3) is 0 Å². The average molecular weight is 210 g/mol. The number of nitrogens with zero attached hydrogens (tertiary/aromatic N) is 3. The molecule has 11 heavy (non-hydrogen) atoms. The number of alkyl halides is 1. The van der Waals surface area contributed by atoms with E-state index < -0.39 is 5.62 Å². The lowest BCUT2D eigenvalue weighted by Crippen LogP contribution is -2.25. The van der Waals surface area contributed by atoms with E-state index in [-0.39, 0.29) is 10.3 Å². The number of nitriles is 1. The summed E-state index contributed by atoms with van der Waals surface area (Å²) < 4.78 is 0. The monoisotopic (exact) mass is 209 g/mol. The summed E-state index contributed by atoms with van der Waals surface area (Å²) in [5.41, 5.74) is -0.829. The molecule has 1 atom stereocenters. The smallest absolute Gasteiger partial charge is 0.212 e. The van der Waals surface area contributed by atoms with Gasteiger partial charge in [-0.1, -0.05) is 34.8 Å². The first kappa shape index (κ1) is 8.66. The second-order valence-corrected chi connectivity index (χ2v) is 2.86. The Morgan fingerprint density at radius 2 is 2.27 bits per heavy atom. The van der Waals surface area contributed by atoms with Crippen LogP contribution in [0.4, 0.5) is 0 Å². The molecule has 6 heteroatoms. The summed E-state index contributed by atoms with van der Waals surface area (Å²) in [5, 5.41) is 8.84. The van der Waals surface area contributed by atoms with E-state index in [1.54, 1.807) is 6.19 Å². The molecule has 0 saturated heterocycles. The van der Waals surface area contributed by atoms with E-state index in [9.17, 15) is 0 Å². The van der Waals surface area contributed by atoms with E-state index >= 15 is 0 Å². The fraction of sp³-hybridized carbons (Fsp3) is 0.200. The average Bonchev–Trinajstić information content (AvgIpc) is 1.85. The van der Waals surface area contributed by atoms with Gasteiger partial charge in [0.1, 0.15) is 10.3 Å². The highest BCUT2D eigenvalue weighted by molar-refractivity contribution is 6.69. The van der Waals surface area contributed by atoms with Crippen molar-refractivity contribution in [3.05, 3.63) is 11.2 Å². The zero-order valence-corrected chi connectivity index (χ0v) is 7.40. The van der Waals surface area contributed by atoms with Crippen molar-refractivity contribution in [2.45, 2.75) is 5.62 Å². The van der Waals surface area contributed by atoms with Crippen LogP contribution < -0.4 is 0 Å². The maximum absolute atomic E-state index is 8.47. The molecule has 0 N–H and O–H groups in total. The quantitative estimate of drug-likeness (QED) is 0.349. The molecule has 0 aromatic carbocycles. The molecular weight excluding hydrogens is 208 g/mol. The first-order valence-electron chi connectivity index (χ1n) is 2.58. The van der Waals surface area contributed by atoms with Gasteiger partial charge in [0.15, 0.2) is 6.19 Å². The highest BCUT2D eigenvalue weighted by atomic mass is 35.5. The molecular formula is C5H2Cl3N3. The molecule has 0 aromatic rings. The molecule has 0 bridgehead atoms. The summed E-state index contributed by atoms with van der Waals surface area (Å²) in [6.45, 7) is 0. The summed E-state index contributed by atoms with van der Waals surface area (Å²) in [7, 11) is 0. The zero-order chi connectivity index (χ0) is 8.43. The molecule has 0 spiro atoms. The van der Waals surface area contributed by atoms with Gasteiger partial charge < -0.3 is 0 Å². The molecule has 3 nitrogen and oxygen atoms in total. The Balaban J connectivity index is 2.93. The van der Waals surface area contributed by atoms with Gasteiger partial charge in [0.25, 0.3) is 0 Å². The van der Waals surface area contributed by atoms with E-state index in [1.165, 1.54) is 6.08 Å². The van der Waals surface area contributed by atoms with Gasteiger partial charge in [0, 0.05) is 6.08 Å². The van der Waals surface area contributed by atoms with E-state index in [1.807, 2.05) is 0 Å². The van der Waals surface area contributed by atoms with Crippen LogP contribution in [-0.2, 0) is 0 Å². The van der Waals surface area contributed by atoms with Crippen molar-refractivity contribution in [2.24, 2.45) is 4.99 Å². The van der Waals surface area contributed by atoms with E-state index in [2.05, 4.69) is 4.99 Å². The van der Waals surface area contributed by atoms with Gasteiger partial charge in [0.05, 0.1) is 0 Å². The number of rotatable bonds is 0. The van der Waals surface area contributed by atoms with E-state index in [0.29, 0.717) is 0 Å². The predicted octanol–water partition coefficient (Wildman–Crippen LogP) is 2.02. The van der Waals surface area contributed by atoms with Gasteiger partial charge in [-0.05, 0) is 0 Å². The minimum atomic E-state index is -0.829. The second-order valence-electron chi connectivity index (χ2n) is 1.70. The molecule has 0 saturated carbocycles. The van der Waals surface area contributed by atoms with Crippen LogP contribution in [0.5, 0.6) is 0 Å². The minimum absolute atomic E-state index is 0.174. The van der Waals surface area contributed by atoms with Crippen molar-refractivity contribution in [3.63, 3.8) is 0 Å². The number of halogens is 3. The van der Waals surface area contributed by atoms with Gasteiger partial charge in [-0.15, -0.1) is 0 Å². The molecule has 1 aliphatic heterocycles. The van der Waals surface area contributed by atoms with Gasteiger partial charge in [0.2, 0.25) is 5.62 Å². The van der Waals surface area contributed by atoms with Crippen LogP contribution in [0.3, 0.4) is 0 Å². The van der Waals surface area contributed by atoms with Crippen molar-refractivity contribution in [3.8, 4) is 6.19 Å². The third-order valence-electron chi connectivity index (χ3n) is 1.02. The summed E-state index contributed by atoms with van der Waals surface area (Å²) in [6.07, 6.45) is 3.11. The van der Waals surface area contributed by atoms with Crippen molar-refractivity contribution < 1.29 is 0 Å². The molecule has 0 aliphatic carbocycles. The molecule has 1 heterocycles. The van der Waals surface area contributed by atoms with E-state index in [0.717, 1.165) is 4.90 Å². The molecule has 58 valence electrons. The molecule has 0 fully saturated rings. The van der Waals surface area contributed by atoms with Crippen molar-refractivity contribution in [1.29, 1.82) is 5.26 Å². The highest BCUT2D eigenvalue weighted by Gasteiger charge is 2.20. The lowest BCUT2D eigenvalue weighted by Gasteiger charge is -2.20. The fourth-order valence-corrected chi connectivity index (χ4v) is 1.40. The number of hydrogen-bond acceptors (Lipinski definition) is 3. The Morgan fingerprint density at radius 3 is 2.73 bits per heavy atom. The van der Waals surface area contributed by atoms with Gasteiger partial charge in [-0.3, -0.25) is 0 Å². The maximum atomic E-state index is 8.47. The van der Waals surface area contributed by atoms with Crippen LogP contribution in [0.15, 0.2) is 16.2 Å². The molecule has 1 unspecified atom stereocenters. The first-order chi connectivity index (χ1) is 5.15. The van der Waals surface area contributed by atoms with Crippen molar-refractivity contribution in [1.82, 2.24) is 4.90 Å². The van der Waals surface area contributed by atoms with Gasteiger partial charge in [-0.25, -0.2) is 9.89 Å². The van der Waals surface area contributed by atoms with Crippen molar-refractivity contribution >= 4 is 40.0 Å². The number of hydrogen-bond donors (Lipinski definition) is 0. The second kappa shape index (κ2) is 3.31. The van der Waals surface area contributed by atoms with Gasteiger partial charge >= 0.3 is 0 Å². The molecule has 0 amide bonds. The Labute approximate surface area is 78.5 Å². The predicted molar refractivity (Wildman–Crippen MR) is 44.3 cm³/mol. The third-order valence-corrected chi connectivity index (χ3v) is 1.81. The minimum Gasteiger partial charge on any atom is -0.232 e. The first-order valence-corrected chi connectivity index (χ1v) is 3.78. The molecule has 1 rings (SSSR count). The topological polar surface area (TPSA) is 39.4 Å². The lowest BCUT2D eigenvalue weighted by molar-refractivity contribution is 0.478. The fourth-order valence-electron chi connectivity index (χ4n) is 0.562. The third kappa shape index (κ3) is 1.78. The van der Waals surface area contributed by atoms with Crippen LogP contribution in [0, 0.1) is 11.5 Å². The van der Waals surface area contributed by atoms with Gasteiger partial charge in [-0.2, -0.15) is 5.26 Å². The van der Waals surface area contributed by atoms with Crippen LogP contribution >= 0.6 is 34.8 Å². The Kier molecular flexibility index (Phi) is 2.61. The summed E-state index contributed by atoms with van der Waals surface area (Å²) in [5.74, 6) is 0. The maximum Gasteiger partial charge on any atom is 0.212 e. The number of allylic oxidation sites excluding steroid dienone is 1. The Morgan fingerprint density at radius 1 is 1.64 bits per heavy atom.